The second-order valence-electron chi connectivity index (χ2n) is 8.60. The van der Waals surface area contributed by atoms with E-state index in [9.17, 15) is 14.7 Å². The van der Waals surface area contributed by atoms with Crippen molar-refractivity contribution in [1.82, 2.24) is 4.90 Å². The Labute approximate surface area is 162 Å². The van der Waals surface area contributed by atoms with Gasteiger partial charge < -0.3 is 24.8 Å². The molecule has 0 unspecified atom stereocenters. The lowest BCUT2D eigenvalue weighted by Crippen LogP contribution is -2.64. The number of esters is 1. The summed E-state index contributed by atoms with van der Waals surface area (Å²) < 4.78 is 11.0. The summed E-state index contributed by atoms with van der Waals surface area (Å²) in [6.45, 7) is 2.76. The molecule has 1 spiro atoms. The summed E-state index contributed by atoms with van der Waals surface area (Å²) in [5.41, 5.74) is 2.51. The minimum atomic E-state index is -0.493. The Hall–Kier alpha value is -2.54. The van der Waals surface area contributed by atoms with E-state index in [2.05, 4.69) is 12.2 Å². The van der Waals surface area contributed by atoms with Gasteiger partial charge in [-0.1, -0.05) is 13.0 Å². The van der Waals surface area contributed by atoms with E-state index in [0.717, 1.165) is 29.8 Å². The Morgan fingerprint density at radius 3 is 3.04 bits per heavy atom. The van der Waals surface area contributed by atoms with E-state index in [1.807, 2.05) is 11.0 Å². The molecule has 28 heavy (non-hydrogen) atoms. The third-order valence-electron chi connectivity index (χ3n) is 7.74. The highest BCUT2D eigenvalue weighted by Gasteiger charge is 2.76. The van der Waals surface area contributed by atoms with Gasteiger partial charge in [-0.25, -0.2) is 4.79 Å². The van der Waals surface area contributed by atoms with Gasteiger partial charge in [0.1, 0.15) is 11.9 Å². The molecule has 0 bridgehead atoms. The number of methoxy groups -OCH3 is 1. The Morgan fingerprint density at radius 1 is 1.46 bits per heavy atom. The first kappa shape index (κ1) is 16.4. The summed E-state index contributed by atoms with van der Waals surface area (Å²) in [6, 6.07) is 5.24. The number of carbonyl (C=O) groups is 2. The quantitative estimate of drug-likeness (QED) is 0.597. The number of aromatic hydroxyl groups is 1. The van der Waals surface area contributed by atoms with Gasteiger partial charge in [-0.15, -0.1) is 0 Å². The number of phenolic OH excluding ortho intramolecular Hbond substituents is 1. The van der Waals surface area contributed by atoms with Crippen LogP contribution in [0.5, 0.6) is 5.75 Å². The number of epoxide rings is 1. The van der Waals surface area contributed by atoms with Gasteiger partial charge in [0.15, 0.2) is 6.10 Å². The number of hydrogen-bond acceptors (Lipinski definition) is 6. The molecule has 5 aliphatic rings. The molecule has 1 amide bonds. The fraction of sp³-hybridized carbons (Fsp3) is 0.524. The predicted octanol–water partition coefficient (Wildman–Crippen LogP) is 1.66. The minimum absolute atomic E-state index is 0.0667. The largest absolute Gasteiger partial charge is 0.508 e. The third-order valence-corrected chi connectivity index (χ3v) is 7.74. The summed E-state index contributed by atoms with van der Waals surface area (Å²) in [4.78, 5) is 27.8. The molecule has 7 nitrogen and oxygen atoms in total. The highest BCUT2D eigenvalue weighted by molar-refractivity contribution is 5.95. The third kappa shape index (κ3) is 1.58. The van der Waals surface area contributed by atoms with E-state index in [1.54, 1.807) is 12.1 Å². The zero-order chi connectivity index (χ0) is 19.4. The van der Waals surface area contributed by atoms with E-state index in [0.29, 0.717) is 18.5 Å². The van der Waals surface area contributed by atoms with Crippen LogP contribution in [0.4, 0.5) is 5.69 Å². The van der Waals surface area contributed by atoms with Crippen LogP contribution in [0.25, 0.3) is 0 Å². The van der Waals surface area contributed by atoms with Crippen LogP contribution in [-0.4, -0.2) is 53.8 Å². The van der Waals surface area contributed by atoms with Gasteiger partial charge >= 0.3 is 5.97 Å². The minimum Gasteiger partial charge on any atom is -0.508 e. The second kappa shape index (κ2) is 4.89. The number of ether oxygens (including phenoxy) is 2. The molecule has 7 heteroatoms. The van der Waals surface area contributed by atoms with Crippen LogP contribution in [0, 0.1) is 5.41 Å². The van der Waals surface area contributed by atoms with Crippen molar-refractivity contribution in [3.63, 3.8) is 0 Å². The van der Waals surface area contributed by atoms with Crippen molar-refractivity contribution < 1.29 is 24.2 Å². The molecule has 3 saturated heterocycles. The Bertz CT molecular complexity index is 987. The van der Waals surface area contributed by atoms with E-state index in [-0.39, 0.29) is 41.3 Å². The van der Waals surface area contributed by atoms with E-state index >= 15 is 0 Å². The number of carbonyl (C=O) groups excluding carboxylic acids is 2. The van der Waals surface area contributed by atoms with E-state index < -0.39 is 5.41 Å². The lowest BCUT2D eigenvalue weighted by molar-refractivity contribution is -0.141. The van der Waals surface area contributed by atoms with E-state index in [1.165, 1.54) is 7.11 Å². The van der Waals surface area contributed by atoms with E-state index in [4.69, 9.17) is 9.47 Å². The van der Waals surface area contributed by atoms with Crippen LogP contribution in [0.1, 0.15) is 31.7 Å². The molecule has 0 saturated carbocycles. The maximum atomic E-state index is 13.0. The standard InChI is InChI=1S/C21H22N2O5/c1-3-20-9-11(18(26)27-2)15-21(12-5-4-10(24)8-13(12)22-15)6-7-23(19(20)21)17(25)14-16(20)28-14/h4-5,8,14,16,19,22,24H,3,6-7,9H2,1-2H3/t14-,16+,19+,20-,21+/m1/s1. The van der Waals surface area contributed by atoms with Crippen LogP contribution in [0.15, 0.2) is 29.5 Å². The SMILES string of the molecule is CC[C@@]12CC(C(=O)OC)=C3Nc4cc(O)ccc4[C@@]34CCN(C(=O)[C@@H]3O[C@@H]31)[C@@H]24. The lowest BCUT2D eigenvalue weighted by atomic mass is 9.53. The van der Waals surface area contributed by atoms with Gasteiger partial charge in [0.05, 0.1) is 24.1 Å². The van der Waals surface area contributed by atoms with Crippen molar-refractivity contribution in [1.29, 1.82) is 0 Å². The number of amides is 1. The molecule has 4 heterocycles. The number of piperidine rings is 1. The average molecular weight is 382 g/mol. The number of anilines is 1. The van der Waals surface area contributed by atoms with Crippen molar-refractivity contribution >= 4 is 17.6 Å². The smallest absolute Gasteiger partial charge is 0.335 e. The maximum Gasteiger partial charge on any atom is 0.335 e. The topological polar surface area (TPSA) is 91.4 Å². The maximum absolute atomic E-state index is 13.0. The molecular formula is C21H22N2O5. The molecule has 6 rings (SSSR count). The molecule has 2 N–H and O–H groups in total. The van der Waals surface area contributed by atoms with Crippen LogP contribution in [0.3, 0.4) is 0 Å². The first-order valence-electron chi connectivity index (χ1n) is 9.86. The summed E-state index contributed by atoms with van der Waals surface area (Å²) >= 11 is 0. The van der Waals surface area contributed by atoms with Gasteiger partial charge in [-0.3, -0.25) is 4.79 Å². The number of nitrogens with zero attached hydrogens (tertiary/aromatic N) is 1. The van der Waals surface area contributed by atoms with Crippen molar-refractivity contribution in [2.75, 3.05) is 19.0 Å². The predicted molar refractivity (Wildman–Crippen MR) is 98.6 cm³/mol. The van der Waals surface area contributed by atoms with Crippen LogP contribution >= 0.6 is 0 Å². The van der Waals surface area contributed by atoms with Crippen LogP contribution < -0.4 is 5.32 Å². The van der Waals surface area contributed by atoms with Crippen molar-refractivity contribution in [2.24, 2.45) is 5.41 Å². The lowest BCUT2D eigenvalue weighted by Gasteiger charge is -2.54. The molecule has 146 valence electrons. The molecule has 5 atom stereocenters. The Morgan fingerprint density at radius 2 is 2.29 bits per heavy atom. The normalized spacial score (nSPS) is 39.0. The Balaban J connectivity index is 1.67. The molecule has 3 fully saturated rings. The monoisotopic (exact) mass is 382 g/mol. The van der Waals surface area contributed by atoms with Gasteiger partial charge in [-0.05, 0) is 30.9 Å². The van der Waals surface area contributed by atoms with Crippen molar-refractivity contribution in [3.8, 4) is 5.75 Å². The van der Waals surface area contributed by atoms with Gasteiger partial charge in [0, 0.05) is 29.4 Å². The number of nitrogens with one attached hydrogen (secondary N) is 1. The number of rotatable bonds is 2. The number of fused-ring (bicyclic) bond motifs is 3. The second-order valence-corrected chi connectivity index (χ2v) is 8.60. The fourth-order valence-electron chi connectivity index (χ4n) is 6.65. The highest BCUT2D eigenvalue weighted by Crippen LogP contribution is 2.68. The summed E-state index contributed by atoms with van der Waals surface area (Å²) in [5, 5.41) is 13.4. The molecule has 0 radical (unpaired) electrons. The highest BCUT2D eigenvalue weighted by atomic mass is 16.6. The van der Waals surface area contributed by atoms with Crippen LogP contribution in [0.2, 0.25) is 0 Å². The molecule has 1 aromatic carbocycles. The Kier molecular flexibility index (Phi) is 2.87. The molecule has 1 aromatic rings. The summed E-state index contributed by atoms with van der Waals surface area (Å²) in [5.74, 6) is -0.0924. The van der Waals surface area contributed by atoms with Crippen molar-refractivity contribution in [2.45, 2.75) is 49.9 Å². The fourth-order valence-corrected chi connectivity index (χ4v) is 6.65. The molecule has 4 aliphatic heterocycles. The summed E-state index contributed by atoms with van der Waals surface area (Å²) in [7, 11) is 1.41. The summed E-state index contributed by atoms with van der Waals surface area (Å²) in [6.07, 6.45) is 1.55. The molecule has 0 aromatic heterocycles. The van der Waals surface area contributed by atoms with Crippen molar-refractivity contribution in [3.05, 3.63) is 35.0 Å². The van der Waals surface area contributed by atoms with Gasteiger partial charge in [0.2, 0.25) is 0 Å². The van der Waals surface area contributed by atoms with Crippen LogP contribution in [-0.2, 0) is 24.5 Å². The zero-order valence-corrected chi connectivity index (χ0v) is 15.8. The first-order valence-corrected chi connectivity index (χ1v) is 9.86. The molecule has 1 aliphatic carbocycles. The van der Waals surface area contributed by atoms with Gasteiger partial charge in [0.25, 0.3) is 5.91 Å². The first-order chi connectivity index (χ1) is 13.5. The average Bonchev–Trinajstić information content (AvgIpc) is 3.32. The van der Waals surface area contributed by atoms with Gasteiger partial charge in [-0.2, -0.15) is 0 Å². The zero-order valence-electron chi connectivity index (χ0n) is 15.8. The number of hydrogen-bond donors (Lipinski definition) is 2. The number of benzene rings is 1. The number of phenols is 1. The molecular weight excluding hydrogens is 360 g/mol.